The minimum atomic E-state index is -0.628. The second-order valence-corrected chi connectivity index (χ2v) is 12.3. The van der Waals surface area contributed by atoms with Crippen molar-refractivity contribution < 1.29 is 24.2 Å². The van der Waals surface area contributed by atoms with Crippen LogP contribution in [-0.2, 0) is 9.53 Å². The van der Waals surface area contributed by atoms with E-state index in [1.54, 1.807) is 4.90 Å². The molecule has 4 atom stereocenters. The standard InChI is InChI=1S/C33H43N3O5/c1-22-7-10-25(11-8-22)35-16-17-36-28(21-35)32(38)34-20-31-29(37)14-12-26(41-31)15-18-40-30-19-24(9-13-27(30)33(36)39)23-5-3-2-4-6-23/h2-6,9,13,19,22,25-26,28-29,31,37H,7-8,10-12,14-18,20-21H2,1H3,(H,34,38)/t22?,25?,26-,28-,29-,31+/m0/s1. The summed E-state index contributed by atoms with van der Waals surface area (Å²) in [6.45, 7) is 4.68. The molecule has 3 aliphatic heterocycles. The van der Waals surface area contributed by atoms with Gasteiger partial charge in [0.15, 0.2) is 0 Å². The normalized spacial score (nSPS) is 31.7. The van der Waals surface area contributed by atoms with Crippen LogP contribution in [0.2, 0.25) is 0 Å². The van der Waals surface area contributed by atoms with Crippen molar-refractivity contribution in [2.45, 2.75) is 82.3 Å². The second kappa shape index (κ2) is 12.5. The topological polar surface area (TPSA) is 91.3 Å². The molecule has 41 heavy (non-hydrogen) atoms. The Kier molecular flexibility index (Phi) is 8.60. The molecule has 8 heteroatoms. The summed E-state index contributed by atoms with van der Waals surface area (Å²) in [4.78, 5) is 32.1. The Hall–Kier alpha value is -2.94. The molecule has 3 fully saturated rings. The maximum atomic E-state index is 14.2. The highest BCUT2D eigenvalue weighted by Crippen LogP contribution is 2.32. The van der Waals surface area contributed by atoms with Gasteiger partial charge in [-0.05, 0) is 67.7 Å². The average molecular weight is 562 g/mol. The molecule has 220 valence electrons. The van der Waals surface area contributed by atoms with Crippen LogP contribution < -0.4 is 10.1 Å². The molecular formula is C33H43N3O5. The maximum absolute atomic E-state index is 14.2. The number of aliphatic hydroxyl groups excluding tert-OH is 1. The highest BCUT2D eigenvalue weighted by atomic mass is 16.5. The SMILES string of the molecule is CC1CCC(N2CCN3C(=O)c4ccc(-c5ccccc5)cc4OCC[C@@H]4CC[C@H](O)[C@@H](CNC(=O)[C@@H]3C2)O4)CC1. The summed E-state index contributed by atoms with van der Waals surface area (Å²) >= 11 is 0. The van der Waals surface area contributed by atoms with E-state index in [1.165, 1.54) is 12.8 Å². The quantitative estimate of drug-likeness (QED) is 0.579. The van der Waals surface area contributed by atoms with Crippen molar-refractivity contribution in [1.82, 2.24) is 15.1 Å². The van der Waals surface area contributed by atoms with E-state index in [2.05, 4.69) is 17.1 Å². The summed E-state index contributed by atoms with van der Waals surface area (Å²) in [5, 5.41) is 13.7. The van der Waals surface area contributed by atoms with Gasteiger partial charge >= 0.3 is 0 Å². The van der Waals surface area contributed by atoms with E-state index in [4.69, 9.17) is 9.47 Å². The summed E-state index contributed by atoms with van der Waals surface area (Å²) < 4.78 is 12.5. The Morgan fingerprint density at radius 2 is 1.71 bits per heavy atom. The van der Waals surface area contributed by atoms with Crippen molar-refractivity contribution in [2.75, 3.05) is 32.8 Å². The fourth-order valence-electron chi connectivity index (χ4n) is 6.96. The number of piperazine rings is 1. The molecule has 1 aliphatic carbocycles. The second-order valence-electron chi connectivity index (χ2n) is 12.3. The van der Waals surface area contributed by atoms with Crippen LogP contribution in [0.15, 0.2) is 48.5 Å². The number of hydrogen-bond donors (Lipinski definition) is 2. The van der Waals surface area contributed by atoms with Gasteiger partial charge in [0, 0.05) is 38.6 Å². The zero-order valence-electron chi connectivity index (χ0n) is 24.0. The van der Waals surface area contributed by atoms with Gasteiger partial charge in [0.05, 0.1) is 24.4 Å². The van der Waals surface area contributed by atoms with Crippen LogP contribution in [0.25, 0.3) is 11.1 Å². The fourth-order valence-corrected chi connectivity index (χ4v) is 6.96. The lowest BCUT2D eigenvalue weighted by Crippen LogP contribution is -2.63. The number of fused-ring (bicyclic) bond motifs is 4. The van der Waals surface area contributed by atoms with Crippen molar-refractivity contribution in [2.24, 2.45) is 5.92 Å². The smallest absolute Gasteiger partial charge is 0.258 e. The molecule has 0 unspecified atom stereocenters. The van der Waals surface area contributed by atoms with Crippen LogP contribution in [-0.4, -0.2) is 89.9 Å². The Morgan fingerprint density at radius 3 is 2.51 bits per heavy atom. The molecule has 3 heterocycles. The third kappa shape index (κ3) is 6.30. The monoisotopic (exact) mass is 561 g/mol. The van der Waals surface area contributed by atoms with E-state index >= 15 is 0 Å². The highest BCUT2D eigenvalue weighted by molar-refractivity contribution is 6.00. The number of benzene rings is 2. The fraction of sp³-hybridized carbons (Fsp3) is 0.576. The summed E-state index contributed by atoms with van der Waals surface area (Å²) in [5.74, 6) is 0.911. The first-order valence-corrected chi connectivity index (χ1v) is 15.4. The third-order valence-corrected chi connectivity index (χ3v) is 9.55. The maximum Gasteiger partial charge on any atom is 0.258 e. The van der Waals surface area contributed by atoms with Crippen molar-refractivity contribution in [3.63, 3.8) is 0 Å². The molecule has 2 aromatic rings. The van der Waals surface area contributed by atoms with Crippen LogP contribution in [0.3, 0.4) is 0 Å². The summed E-state index contributed by atoms with van der Waals surface area (Å²) in [6.07, 6.45) is 5.49. The van der Waals surface area contributed by atoms with E-state index < -0.39 is 18.2 Å². The Bertz CT molecular complexity index is 1210. The number of ether oxygens (including phenoxy) is 2. The van der Waals surface area contributed by atoms with Gasteiger partial charge in [-0.3, -0.25) is 14.5 Å². The zero-order valence-corrected chi connectivity index (χ0v) is 24.0. The van der Waals surface area contributed by atoms with E-state index in [0.29, 0.717) is 49.9 Å². The molecular weight excluding hydrogens is 518 g/mol. The van der Waals surface area contributed by atoms with Gasteiger partial charge in [-0.1, -0.05) is 43.3 Å². The van der Waals surface area contributed by atoms with E-state index in [0.717, 1.165) is 42.9 Å². The zero-order chi connectivity index (χ0) is 28.3. The number of nitrogens with one attached hydrogen (secondary N) is 1. The first kappa shape index (κ1) is 28.2. The minimum absolute atomic E-state index is 0.0740. The predicted molar refractivity (Wildman–Crippen MR) is 157 cm³/mol. The van der Waals surface area contributed by atoms with Gasteiger partial charge in [0.2, 0.25) is 5.91 Å². The van der Waals surface area contributed by atoms with Crippen LogP contribution in [0.1, 0.15) is 62.2 Å². The van der Waals surface area contributed by atoms with E-state index in [1.807, 2.05) is 48.5 Å². The van der Waals surface area contributed by atoms with Gasteiger partial charge in [0.1, 0.15) is 17.9 Å². The molecule has 0 aromatic heterocycles. The first-order chi connectivity index (χ1) is 20.0. The number of amides is 2. The Morgan fingerprint density at radius 1 is 0.902 bits per heavy atom. The van der Waals surface area contributed by atoms with E-state index in [9.17, 15) is 14.7 Å². The Labute approximate surface area is 243 Å². The van der Waals surface area contributed by atoms with Gasteiger partial charge in [0.25, 0.3) is 5.91 Å². The van der Waals surface area contributed by atoms with Crippen LogP contribution in [0.5, 0.6) is 5.75 Å². The largest absolute Gasteiger partial charge is 0.493 e. The van der Waals surface area contributed by atoms with Crippen molar-refractivity contribution in [3.8, 4) is 16.9 Å². The molecule has 6 rings (SSSR count). The van der Waals surface area contributed by atoms with Crippen molar-refractivity contribution in [1.29, 1.82) is 0 Å². The van der Waals surface area contributed by atoms with Gasteiger partial charge in [-0.15, -0.1) is 0 Å². The molecule has 8 nitrogen and oxygen atoms in total. The summed E-state index contributed by atoms with van der Waals surface area (Å²) in [6, 6.07) is 15.6. The first-order valence-electron chi connectivity index (χ1n) is 15.4. The molecule has 0 radical (unpaired) electrons. The van der Waals surface area contributed by atoms with Gasteiger partial charge in [-0.25, -0.2) is 0 Å². The lowest BCUT2D eigenvalue weighted by Gasteiger charge is -2.45. The highest BCUT2D eigenvalue weighted by Gasteiger charge is 2.40. The minimum Gasteiger partial charge on any atom is -0.493 e. The third-order valence-electron chi connectivity index (χ3n) is 9.55. The molecule has 2 N–H and O–H groups in total. The average Bonchev–Trinajstić information content (AvgIpc) is 3.01. The van der Waals surface area contributed by atoms with Crippen LogP contribution in [0.4, 0.5) is 0 Å². The van der Waals surface area contributed by atoms with Gasteiger partial charge in [-0.2, -0.15) is 0 Å². The summed E-state index contributed by atoms with van der Waals surface area (Å²) in [7, 11) is 0. The number of carbonyl (C=O) groups is 2. The molecule has 1 saturated carbocycles. The summed E-state index contributed by atoms with van der Waals surface area (Å²) in [5.41, 5.74) is 2.50. The Balaban J connectivity index is 1.31. The van der Waals surface area contributed by atoms with Crippen LogP contribution in [0, 0.1) is 5.92 Å². The lowest BCUT2D eigenvalue weighted by molar-refractivity contribution is -0.135. The molecule has 4 aliphatic rings. The number of hydrogen-bond acceptors (Lipinski definition) is 6. The number of carbonyl (C=O) groups excluding carboxylic acids is 2. The van der Waals surface area contributed by atoms with Gasteiger partial charge < -0.3 is 24.8 Å². The molecule has 0 spiro atoms. The predicted octanol–water partition coefficient (Wildman–Crippen LogP) is 3.87. The van der Waals surface area contributed by atoms with Crippen LogP contribution >= 0.6 is 0 Å². The molecule has 2 saturated heterocycles. The molecule has 2 bridgehead atoms. The number of rotatable bonds is 2. The number of nitrogens with zero attached hydrogens (tertiary/aromatic N) is 2. The van der Waals surface area contributed by atoms with E-state index in [-0.39, 0.29) is 24.5 Å². The number of aliphatic hydroxyl groups is 1. The molecule has 2 amide bonds. The lowest BCUT2D eigenvalue weighted by atomic mass is 9.86. The van der Waals surface area contributed by atoms with Crippen molar-refractivity contribution >= 4 is 11.8 Å². The molecule has 2 aromatic carbocycles. The van der Waals surface area contributed by atoms with Crippen molar-refractivity contribution in [3.05, 3.63) is 54.1 Å².